The SMILES string of the molecule is CCOC(=O)c1ncsc1Cc1ccccc1. The summed E-state index contributed by atoms with van der Waals surface area (Å²) in [6.07, 6.45) is 0.722. The molecule has 0 bridgehead atoms. The highest BCUT2D eigenvalue weighted by Gasteiger charge is 2.15. The van der Waals surface area contributed by atoms with Crippen LogP contribution in [0.3, 0.4) is 0 Å². The summed E-state index contributed by atoms with van der Waals surface area (Å²) in [6, 6.07) is 10.0. The number of hydrogen-bond donors (Lipinski definition) is 0. The number of rotatable bonds is 4. The summed E-state index contributed by atoms with van der Waals surface area (Å²) >= 11 is 1.49. The molecule has 17 heavy (non-hydrogen) atoms. The fraction of sp³-hybridized carbons (Fsp3) is 0.231. The Morgan fingerprint density at radius 2 is 2.12 bits per heavy atom. The summed E-state index contributed by atoms with van der Waals surface area (Å²) in [6.45, 7) is 2.17. The molecule has 0 aliphatic rings. The maximum Gasteiger partial charge on any atom is 0.358 e. The van der Waals surface area contributed by atoms with E-state index in [1.54, 1.807) is 12.4 Å². The van der Waals surface area contributed by atoms with Gasteiger partial charge in [-0.15, -0.1) is 11.3 Å². The van der Waals surface area contributed by atoms with Crippen LogP contribution in [0.25, 0.3) is 0 Å². The first-order valence-electron chi connectivity index (χ1n) is 5.44. The lowest BCUT2D eigenvalue weighted by Crippen LogP contribution is -2.07. The fourth-order valence-electron chi connectivity index (χ4n) is 1.54. The second-order valence-electron chi connectivity index (χ2n) is 3.51. The van der Waals surface area contributed by atoms with E-state index in [-0.39, 0.29) is 5.97 Å². The summed E-state index contributed by atoms with van der Waals surface area (Å²) in [5, 5.41) is 0. The van der Waals surface area contributed by atoms with Crippen molar-refractivity contribution in [3.05, 3.63) is 52.0 Å². The van der Waals surface area contributed by atoms with Gasteiger partial charge in [0, 0.05) is 11.3 Å². The predicted octanol–water partition coefficient (Wildman–Crippen LogP) is 2.91. The zero-order chi connectivity index (χ0) is 12.1. The van der Waals surface area contributed by atoms with Crippen LogP contribution in [0.15, 0.2) is 35.8 Å². The van der Waals surface area contributed by atoms with Crippen LogP contribution in [0.5, 0.6) is 0 Å². The minimum atomic E-state index is -0.334. The van der Waals surface area contributed by atoms with E-state index >= 15 is 0 Å². The Balaban J connectivity index is 2.17. The zero-order valence-electron chi connectivity index (χ0n) is 9.55. The molecule has 0 saturated heterocycles. The molecule has 0 aliphatic carbocycles. The van der Waals surface area contributed by atoms with Gasteiger partial charge in [0.1, 0.15) is 0 Å². The van der Waals surface area contributed by atoms with Gasteiger partial charge in [-0.3, -0.25) is 0 Å². The summed E-state index contributed by atoms with van der Waals surface area (Å²) in [4.78, 5) is 16.7. The standard InChI is InChI=1S/C13H13NO2S/c1-2-16-13(15)12-11(17-9-14-12)8-10-6-4-3-5-7-10/h3-7,9H,2,8H2,1H3. The minimum absolute atomic E-state index is 0.334. The van der Waals surface area contributed by atoms with E-state index in [0.29, 0.717) is 12.3 Å². The van der Waals surface area contributed by atoms with Crippen LogP contribution in [0, 0.1) is 0 Å². The molecule has 0 saturated carbocycles. The lowest BCUT2D eigenvalue weighted by atomic mass is 10.1. The third-order valence-electron chi connectivity index (χ3n) is 2.32. The highest BCUT2D eigenvalue weighted by molar-refractivity contribution is 7.10. The van der Waals surface area contributed by atoms with Gasteiger partial charge < -0.3 is 4.74 Å². The van der Waals surface area contributed by atoms with Gasteiger partial charge in [0.05, 0.1) is 12.1 Å². The van der Waals surface area contributed by atoms with Gasteiger partial charge in [0.15, 0.2) is 5.69 Å². The number of carbonyl (C=O) groups excluding carboxylic acids is 1. The molecule has 1 heterocycles. The average Bonchev–Trinajstić information content (AvgIpc) is 2.79. The largest absolute Gasteiger partial charge is 0.461 e. The van der Waals surface area contributed by atoms with Crippen molar-refractivity contribution in [3.8, 4) is 0 Å². The molecule has 0 fully saturated rings. The predicted molar refractivity (Wildman–Crippen MR) is 67.3 cm³/mol. The fourth-order valence-corrected chi connectivity index (χ4v) is 2.33. The Kier molecular flexibility index (Phi) is 3.88. The Hall–Kier alpha value is -1.68. The molecule has 1 aromatic carbocycles. The van der Waals surface area contributed by atoms with Crippen molar-refractivity contribution in [1.29, 1.82) is 0 Å². The highest BCUT2D eigenvalue weighted by Crippen LogP contribution is 2.18. The number of benzene rings is 1. The van der Waals surface area contributed by atoms with Crippen LogP contribution in [0.1, 0.15) is 27.9 Å². The summed E-state index contributed by atoms with van der Waals surface area (Å²) < 4.78 is 4.97. The number of aromatic nitrogens is 1. The molecule has 1 aromatic heterocycles. The molecule has 0 aliphatic heterocycles. The number of esters is 1. The first-order valence-corrected chi connectivity index (χ1v) is 6.32. The van der Waals surface area contributed by atoms with Crippen LogP contribution >= 0.6 is 11.3 Å². The van der Waals surface area contributed by atoms with Gasteiger partial charge in [-0.1, -0.05) is 30.3 Å². The van der Waals surface area contributed by atoms with Crippen molar-refractivity contribution >= 4 is 17.3 Å². The second kappa shape index (κ2) is 5.59. The Labute approximate surface area is 104 Å². The Morgan fingerprint density at radius 3 is 2.82 bits per heavy atom. The van der Waals surface area contributed by atoms with Crippen molar-refractivity contribution < 1.29 is 9.53 Å². The van der Waals surface area contributed by atoms with E-state index in [0.717, 1.165) is 11.3 Å². The van der Waals surface area contributed by atoms with E-state index in [4.69, 9.17) is 4.74 Å². The smallest absolute Gasteiger partial charge is 0.358 e. The van der Waals surface area contributed by atoms with Gasteiger partial charge >= 0.3 is 5.97 Å². The van der Waals surface area contributed by atoms with E-state index in [2.05, 4.69) is 4.98 Å². The molecule has 3 nitrogen and oxygen atoms in total. The van der Waals surface area contributed by atoms with Crippen molar-refractivity contribution in [2.45, 2.75) is 13.3 Å². The van der Waals surface area contributed by atoms with Gasteiger partial charge in [-0.05, 0) is 12.5 Å². The van der Waals surface area contributed by atoms with Crippen LogP contribution in [0.2, 0.25) is 0 Å². The number of carbonyl (C=O) groups is 1. The van der Waals surface area contributed by atoms with Crippen molar-refractivity contribution in [3.63, 3.8) is 0 Å². The maximum absolute atomic E-state index is 11.6. The summed E-state index contributed by atoms with van der Waals surface area (Å²) in [5.41, 5.74) is 3.30. The Morgan fingerprint density at radius 1 is 1.35 bits per heavy atom. The van der Waals surface area contributed by atoms with E-state index in [9.17, 15) is 4.79 Å². The van der Waals surface area contributed by atoms with Crippen molar-refractivity contribution in [2.75, 3.05) is 6.61 Å². The number of nitrogens with zero attached hydrogens (tertiary/aromatic N) is 1. The van der Waals surface area contributed by atoms with E-state index < -0.39 is 0 Å². The third-order valence-corrected chi connectivity index (χ3v) is 3.15. The number of hydrogen-bond acceptors (Lipinski definition) is 4. The van der Waals surface area contributed by atoms with Gasteiger partial charge in [0.25, 0.3) is 0 Å². The molecule has 0 atom stereocenters. The third kappa shape index (κ3) is 2.91. The van der Waals surface area contributed by atoms with Gasteiger partial charge in [-0.2, -0.15) is 0 Å². The summed E-state index contributed by atoms with van der Waals surface area (Å²) in [7, 11) is 0. The molecule has 4 heteroatoms. The normalized spacial score (nSPS) is 10.2. The Bertz CT molecular complexity index is 493. The van der Waals surface area contributed by atoms with Crippen molar-refractivity contribution in [2.24, 2.45) is 0 Å². The topological polar surface area (TPSA) is 39.2 Å². The molecular formula is C13H13NO2S. The summed E-state index contributed by atoms with van der Waals surface area (Å²) in [5.74, 6) is -0.334. The molecule has 0 amide bonds. The average molecular weight is 247 g/mol. The van der Waals surface area contributed by atoms with Crippen LogP contribution < -0.4 is 0 Å². The van der Waals surface area contributed by atoms with E-state index in [1.807, 2.05) is 30.3 Å². The van der Waals surface area contributed by atoms with E-state index in [1.165, 1.54) is 16.9 Å². The lowest BCUT2D eigenvalue weighted by Gasteiger charge is -2.02. The van der Waals surface area contributed by atoms with Crippen LogP contribution in [0.4, 0.5) is 0 Å². The van der Waals surface area contributed by atoms with Crippen molar-refractivity contribution in [1.82, 2.24) is 4.98 Å². The second-order valence-corrected chi connectivity index (χ2v) is 4.45. The first kappa shape index (κ1) is 11.8. The zero-order valence-corrected chi connectivity index (χ0v) is 10.4. The monoisotopic (exact) mass is 247 g/mol. The molecule has 0 radical (unpaired) electrons. The van der Waals surface area contributed by atoms with Gasteiger partial charge in [0.2, 0.25) is 0 Å². The molecule has 0 spiro atoms. The highest BCUT2D eigenvalue weighted by atomic mass is 32.1. The molecular weight excluding hydrogens is 234 g/mol. The first-order chi connectivity index (χ1) is 8.31. The van der Waals surface area contributed by atoms with Gasteiger partial charge in [-0.25, -0.2) is 9.78 Å². The molecule has 2 aromatic rings. The molecule has 2 rings (SSSR count). The number of thiazole rings is 1. The maximum atomic E-state index is 11.6. The molecule has 88 valence electrons. The quantitative estimate of drug-likeness (QED) is 0.780. The molecule has 0 N–H and O–H groups in total. The van der Waals surface area contributed by atoms with Crippen LogP contribution in [-0.2, 0) is 11.2 Å². The minimum Gasteiger partial charge on any atom is -0.461 e. The lowest BCUT2D eigenvalue weighted by molar-refractivity contribution is 0.0519. The van der Waals surface area contributed by atoms with Crippen LogP contribution in [-0.4, -0.2) is 17.6 Å². The number of ether oxygens (including phenoxy) is 1. The molecule has 0 unspecified atom stereocenters.